The molecule has 0 atom stereocenters. The van der Waals surface area contributed by atoms with E-state index in [0.29, 0.717) is 16.3 Å². The van der Waals surface area contributed by atoms with Crippen molar-refractivity contribution in [3.8, 4) is 0 Å². The maximum absolute atomic E-state index is 11.7. The smallest absolute Gasteiger partial charge is 0.252 e. The number of carbonyl (C=O) groups is 2. The van der Waals surface area contributed by atoms with E-state index in [-0.39, 0.29) is 37.2 Å². The quantitative estimate of drug-likeness (QED) is 0.729. The van der Waals surface area contributed by atoms with Gasteiger partial charge in [-0.3, -0.25) is 9.59 Å². The van der Waals surface area contributed by atoms with Crippen LogP contribution in [0.5, 0.6) is 0 Å². The van der Waals surface area contributed by atoms with Crippen molar-refractivity contribution in [3.05, 3.63) is 28.8 Å². The number of anilines is 1. The Morgan fingerprint density at radius 1 is 1.39 bits per heavy atom. The average Bonchev–Trinajstić information content (AvgIpc) is 2.28. The van der Waals surface area contributed by atoms with Gasteiger partial charge in [0.25, 0.3) is 5.91 Å². The fourth-order valence-electron chi connectivity index (χ4n) is 1.23. The van der Waals surface area contributed by atoms with Crippen LogP contribution >= 0.6 is 24.0 Å². The minimum absolute atomic E-state index is 0. The molecule has 0 saturated heterocycles. The number of benzene rings is 1. The second kappa shape index (κ2) is 7.79. The van der Waals surface area contributed by atoms with Crippen molar-refractivity contribution < 1.29 is 9.59 Å². The van der Waals surface area contributed by atoms with Crippen molar-refractivity contribution in [1.29, 1.82) is 0 Å². The van der Waals surface area contributed by atoms with Crippen molar-refractivity contribution in [2.45, 2.75) is 6.42 Å². The lowest BCUT2D eigenvalue weighted by molar-refractivity contribution is -0.120. The largest absolute Gasteiger partial charge is 0.399 e. The molecule has 4 N–H and O–H groups in total. The number of hydrogen-bond acceptors (Lipinski definition) is 3. The average molecular weight is 292 g/mol. The van der Waals surface area contributed by atoms with E-state index >= 15 is 0 Å². The number of hydrogen-bond donors (Lipinski definition) is 3. The molecule has 0 aliphatic carbocycles. The van der Waals surface area contributed by atoms with Gasteiger partial charge >= 0.3 is 0 Å². The van der Waals surface area contributed by atoms with E-state index in [1.165, 1.54) is 6.07 Å². The highest BCUT2D eigenvalue weighted by Crippen LogP contribution is 2.18. The third-order valence-corrected chi connectivity index (χ3v) is 2.47. The Balaban J connectivity index is 0.00000289. The van der Waals surface area contributed by atoms with Crippen molar-refractivity contribution in [2.75, 3.05) is 19.3 Å². The Labute approximate surface area is 116 Å². The summed E-state index contributed by atoms with van der Waals surface area (Å²) in [5.74, 6) is -0.451. The zero-order valence-electron chi connectivity index (χ0n) is 9.83. The number of rotatable bonds is 4. The first-order valence-electron chi connectivity index (χ1n) is 5.08. The van der Waals surface area contributed by atoms with E-state index < -0.39 is 0 Å². The standard InChI is InChI=1S/C11H14ClN3O2.ClH/c1-14-10(16)4-5-15-11(17)8-3-2-7(13)6-9(8)12;/h2-3,6H,4-5,13H2,1H3,(H,14,16)(H,15,17);1H. The van der Waals surface area contributed by atoms with Crippen LogP contribution in [0.4, 0.5) is 5.69 Å². The Morgan fingerprint density at radius 3 is 2.61 bits per heavy atom. The zero-order valence-corrected chi connectivity index (χ0v) is 11.4. The van der Waals surface area contributed by atoms with E-state index in [1.807, 2.05) is 0 Å². The van der Waals surface area contributed by atoms with E-state index in [9.17, 15) is 9.59 Å². The van der Waals surface area contributed by atoms with Crippen LogP contribution in [0.3, 0.4) is 0 Å². The normalized spacial score (nSPS) is 9.22. The second-order valence-corrected chi connectivity index (χ2v) is 3.83. The molecule has 0 bridgehead atoms. The Kier molecular flexibility index (Phi) is 7.16. The van der Waals surface area contributed by atoms with Crippen molar-refractivity contribution in [1.82, 2.24) is 10.6 Å². The van der Waals surface area contributed by atoms with Gasteiger partial charge in [0.2, 0.25) is 5.91 Å². The van der Waals surface area contributed by atoms with Crippen LogP contribution in [0.25, 0.3) is 0 Å². The van der Waals surface area contributed by atoms with Gasteiger partial charge in [-0.25, -0.2) is 0 Å². The molecule has 1 rings (SSSR count). The minimum atomic E-state index is -0.320. The van der Waals surface area contributed by atoms with Crippen LogP contribution in [-0.2, 0) is 4.79 Å². The summed E-state index contributed by atoms with van der Waals surface area (Å²) in [6, 6.07) is 4.65. The molecule has 18 heavy (non-hydrogen) atoms. The highest BCUT2D eigenvalue weighted by Gasteiger charge is 2.10. The van der Waals surface area contributed by atoms with Gasteiger partial charge in [0.15, 0.2) is 0 Å². The first kappa shape index (κ1) is 16.5. The Bertz CT molecular complexity index is 438. The van der Waals surface area contributed by atoms with Gasteiger partial charge in [0.05, 0.1) is 10.6 Å². The van der Waals surface area contributed by atoms with Gasteiger partial charge in [-0.05, 0) is 18.2 Å². The first-order valence-corrected chi connectivity index (χ1v) is 5.46. The number of halogens is 2. The van der Waals surface area contributed by atoms with Gasteiger partial charge in [-0.15, -0.1) is 12.4 Å². The van der Waals surface area contributed by atoms with Crippen LogP contribution in [-0.4, -0.2) is 25.4 Å². The maximum Gasteiger partial charge on any atom is 0.252 e. The maximum atomic E-state index is 11.7. The first-order chi connectivity index (χ1) is 8.04. The topological polar surface area (TPSA) is 84.2 Å². The van der Waals surface area contributed by atoms with E-state index in [0.717, 1.165) is 0 Å². The van der Waals surface area contributed by atoms with E-state index in [2.05, 4.69) is 10.6 Å². The lowest BCUT2D eigenvalue weighted by atomic mass is 10.2. The summed E-state index contributed by atoms with van der Waals surface area (Å²) in [5, 5.41) is 5.36. The molecule has 7 heteroatoms. The van der Waals surface area contributed by atoms with E-state index in [1.54, 1.807) is 19.2 Å². The van der Waals surface area contributed by atoms with Crippen LogP contribution < -0.4 is 16.4 Å². The zero-order chi connectivity index (χ0) is 12.8. The van der Waals surface area contributed by atoms with Crippen LogP contribution in [0.2, 0.25) is 5.02 Å². The summed E-state index contributed by atoms with van der Waals surface area (Å²) in [6.45, 7) is 0.263. The molecule has 100 valence electrons. The number of nitrogens with one attached hydrogen (secondary N) is 2. The second-order valence-electron chi connectivity index (χ2n) is 3.42. The van der Waals surface area contributed by atoms with Crippen molar-refractivity contribution in [3.63, 3.8) is 0 Å². The summed E-state index contributed by atoms with van der Waals surface area (Å²) in [6.07, 6.45) is 0.231. The van der Waals surface area contributed by atoms with Crippen molar-refractivity contribution >= 4 is 41.5 Å². The van der Waals surface area contributed by atoms with Crippen molar-refractivity contribution in [2.24, 2.45) is 0 Å². The molecule has 0 fully saturated rings. The molecule has 2 amide bonds. The molecule has 0 spiro atoms. The summed E-state index contributed by atoms with van der Waals surface area (Å²) in [4.78, 5) is 22.6. The molecule has 1 aromatic rings. The van der Waals surface area contributed by atoms with Gasteiger partial charge in [0.1, 0.15) is 0 Å². The van der Waals surface area contributed by atoms with Crippen LogP contribution in [0.15, 0.2) is 18.2 Å². The number of amides is 2. The monoisotopic (exact) mass is 291 g/mol. The molecule has 1 aromatic carbocycles. The van der Waals surface area contributed by atoms with Crippen LogP contribution in [0.1, 0.15) is 16.8 Å². The fraction of sp³-hybridized carbons (Fsp3) is 0.273. The summed E-state index contributed by atoms with van der Waals surface area (Å²) < 4.78 is 0. The number of nitrogen functional groups attached to an aromatic ring is 1. The van der Waals surface area contributed by atoms with Crippen LogP contribution in [0, 0.1) is 0 Å². The van der Waals surface area contributed by atoms with Gasteiger partial charge in [-0.2, -0.15) is 0 Å². The SMILES string of the molecule is CNC(=O)CCNC(=O)c1ccc(N)cc1Cl.Cl. The molecule has 0 aromatic heterocycles. The Morgan fingerprint density at radius 2 is 2.06 bits per heavy atom. The molecule has 0 radical (unpaired) electrons. The van der Waals surface area contributed by atoms with Gasteiger partial charge in [0, 0.05) is 25.7 Å². The lowest BCUT2D eigenvalue weighted by Gasteiger charge is -2.06. The fourth-order valence-corrected chi connectivity index (χ4v) is 1.50. The predicted molar refractivity (Wildman–Crippen MR) is 74.1 cm³/mol. The van der Waals surface area contributed by atoms with Gasteiger partial charge < -0.3 is 16.4 Å². The highest BCUT2D eigenvalue weighted by molar-refractivity contribution is 6.34. The molecule has 5 nitrogen and oxygen atoms in total. The molecule has 0 unspecified atom stereocenters. The summed E-state index contributed by atoms with van der Waals surface area (Å²) in [7, 11) is 1.54. The third kappa shape index (κ3) is 4.81. The lowest BCUT2D eigenvalue weighted by Crippen LogP contribution is -2.29. The predicted octanol–water partition coefficient (Wildman–Crippen LogP) is 1.21. The molecular weight excluding hydrogens is 277 g/mol. The molecule has 0 aliphatic rings. The number of nitrogens with two attached hydrogens (primary N) is 1. The summed E-state index contributed by atoms with van der Waals surface area (Å²) in [5.41, 5.74) is 6.36. The van der Waals surface area contributed by atoms with Gasteiger partial charge in [-0.1, -0.05) is 11.6 Å². The molecule has 0 heterocycles. The third-order valence-electron chi connectivity index (χ3n) is 2.15. The minimum Gasteiger partial charge on any atom is -0.399 e. The molecule has 0 aliphatic heterocycles. The summed E-state index contributed by atoms with van der Waals surface area (Å²) >= 11 is 5.87. The molecule has 0 saturated carbocycles. The van der Waals surface area contributed by atoms with E-state index in [4.69, 9.17) is 17.3 Å². The molecular formula is C11H15Cl2N3O2. The highest BCUT2D eigenvalue weighted by atomic mass is 35.5. The number of carbonyl (C=O) groups excluding carboxylic acids is 2. The Hall–Kier alpha value is -1.46.